The average Bonchev–Trinajstić information content (AvgIpc) is 2.34. The molecule has 19 heavy (non-hydrogen) atoms. The van der Waals surface area contributed by atoms with E-state index in [2.05, 4.69) is 20.8 Å². The third-order valence-electron chi connectivity index (χ3n) is 4.33. The first-order chi connectivity index (χ1) is 8.82. The highest BCUT2D eigenvalue weighted by molar-refractivity contribution is 5.95. The Morgan fingerprint density at radius 3 is 2.47 bits per heavy atom. The van der Waals surface area contributed by atoms with Gasteiger partial charge in [-0.05, 0) is 57.2 Å². The second-order valence-electron chi connectivity index (χ2n) is 6.57. The highest BCUT2D eigenvalue weighted by atomic mass is 19.1. The Labute approximate surface area is 117 Å². The lowest BCUT2D eigenvalue weighted by Gasteiger charge is -2.35. The Morgan fingerprint density at radius 1 is 1.37 bits per heavy atom. The highest BCUT2D eigenvalue weighted by Crippen LogP contribution is 2.38. The van der Waals surface area contributed by atoms with Crippen molar-refractivity contribution in [2.75, 3.05) is 20.6 Å². The van der Waals surface area contributed by atoms with E-state index in [-0.39, 0.29) is 11.7 Å². The molecule has 3 heteroatoms. The monoisotopic (exact) mass is 269 g/mol. The third kappa shape index (κ3) is 4.72. The van der Waals surface area contributed by atoms with E-state index in [4.69, 9.17) is 0 Å². The van der Waals surface area contributed by atoms with Crippen molar-refractivity contribution in [1.82, 2.24) is 4.90 Å². The smallest absolute Gasteiger partial charge is 0.193 e. The highest BCUT2D eigenvalue weighted by Gasteiger charge is 2.33. The number of hydrogen-bond donors (Lipinski definition) is 0. The quantitative estimate of drug-likeness (QED) is 0.710. The summed E-state index contributed by atoms with van der Waals surface area (Å²) in [6, 6.07) is 0. The first-order valence-corrected chi connectivity index (χ1v) is 7.37. The van der Waals surface area contributed by atoms with Crippen molar-refractivity contribution >= 4 is 5.78 Å². The van der Waals surface area contributed by atoms with E-state index in [9.17, 15) is 9.18 Å². The summed E-state index contributed by atoms with van der Waals surface area (Å²) < 4.78 is 13.8. The van der Waals surface area contributed by atoms with Gasteiger partial charge in [0.1, 0.15) is 0 Å². The van der Waals surface area contributed by atoms with Crippen LogP contribution in [0.25, 0.3) is 0 Å². The Bertz CT molecular complexity index is 336. The lowest BCUT2D eigenvalue weighted by Crippen LogP contribution is -2.30. The van der Waals surface area contributed by atoms with Crippen LogP contribution in [0, 0.1) is 23.7 Å². The third-order valence-corrected chi connectivity index (χ3v) is 4.33. The first-order valence-electron chi connectivity index (χ1n) is 7.37. The van der Waals surface area contributed by atoms with Gasteiger partial charge in [0.2, 0.25) is 0 Å². The summed E-state index contributed by atoms with van der Waals surface area (Å²) in [4.78, 5) is 13.9. The Hall–Kier alpha value is -0.700. The molecule has 0 saturated heterocycles. The SMILES string of the molecule is CC(C)C1CCC(C(=O)/C(F)=C/CN(C)C)CC1C. The average molecular weight is 269 g/mol. The molecule has 1 rings (SSSR count). The molecule has 0 amide bonds. The van der Waals surface area contributed by atoms with Gasteiger partial charge in [0.25, 0.3) is 0 Å². The van der Waals surface area contributed by atoms with Crippen molar-refractivity contribution in [1.29, 1.82) is 0 Å². The van der Waals surface area contributed by atoms with Crippen LogP contribution in [0.15, 0.2) is 11.9 Å². The van der Waals surface area contributed by atoms with Crippen molar-refractivity contribution in [3.8, 4) is 0 Å². The molecule has 0 spiro atoms. The molecule has 0 aromatic carbocycles. The molecule has 0 bridgehead atoms. The van der Waals surface area contributed by atoms with Crippen LogP contribution in [0.4, 0.5) is 4.39 Å². The summed E-state index contributed by atoms with van der Waals surface area (Å²) in [5.74, 6) is 0.913. The first kappa shape index (κ1) is 16.4. The summed E-state index contributed by atoms with van der Waals surface area (Å²) in [5.41, 5.74) is 0. The minimum absolute atomic E-state index is 0.108. The molecule has 0 N–H and O–H groups in total. The van der Waals surface area contributed by atoms with E-state index in [1.807, 2.05) is 19.0 Å². The Kier molecular flexibility index (Phi) is 6.18. The maximum atomic E-state index is 13.8. The van der Waals surface area contributed by atoms with Crippen molar-refractivity contribution in [3.05, 3.63) is 11.9 Å². The fraction of sp³-hybridized carbons (Fsp3) is 0.812. The van der Waals surface area contributed by atoms with Crippen molar-refractivity contribution < 1.29 is 9.18 Å². The van der Waals surface area contributed by atoms with Gasteiger partial charge in [0.05, 0.1) is 0 Å². The second-order valence-corrected chi connectivity index (χ2v) is 6.57. The van der Waals surface area contributed by atoms with Crippen LogP contribution in [0.2, 0.25) is 0 Å². The molecule has 0 aromatic rings. The molecule has 1 aliphatic carbocycles. The van der Waals surface area contributed by atoms with Crippen LogP contribution in [0.1, 0.15) is 40.0 Å². The van der Waals surface area contributed by atoms with Crippen LogP contribution in [-0.2, 0) is 4.79 Å². The van der Waals surface area contributed by atoms with E-state index >= 15 is 0 Å². The number of carbonyl (C=O) groups excluding carboxylic acids is 1. The van der Waals surface area contributed by atoms with E-state index in [1.165, 1.54) is 6.08 Å². The molecular weight excluding hydrogens is 241 g/mol. The molecule has 0 aliphatic heterocycles. The summed E-state index contributed by atoms with van der Waals surface area (Å²) >= 11 is 0. The van der Waals surface area contributed by atoms with Crippen LogP contribution in [-0.4, -0.2) is 31.3 Å². The number of likely N-dealkylation sites (N-methyl/N-ethyl adjacent to an activating group) is 1. The lowest BCUT2D eigenvalue weighted by atomic mass is 9.69. The molecule has 110 valence electrons. The fourth-order valence-electron chi connectivity index (χ4n) is 3.21. The van der Waals surface area contributed by atoms with Crippen LogP contribution in [0.3, 0.4) is 0 Å². The maximum absolute atomic E-state index is 13.8. The van der Waals surface area contributed by atoms with Gasteiger partial charge >= 0.3 is 0 Å². The summed E-state index contributed by atoms with van der Waals surface area (Å²) in [6.45, 7) is 7.15. The summed E-state index contributed by atoms with van der Waals surface area (Å²) in [6.07, 6.45) is 4.14. The van der Waals surface area contributed by atoms with Gasteiger partial charge in [0, 0.05) is 12.5 Å². The van der Waals surface area contributed by atoms with Gasteiger partial charge in [-0.15, -0.1) is 0 Å². The van der Waals surface area contributed by atoms with Gasteiger partial charge in [-0.25, -0.2) is 4.39 Å². The number of halogens is 1. The molecule has 0 radical (unpaired) electrons. The van der Waals surface area contributed by atoms with Crippen LogP contribution < -0.4 is 0 Å². The van der Waals surface area contributed by atoms with Gasteiger partial charge < -0.3 is 4.90 Å². The largest absolute Gasteiger partial charge is 0.306 e. The molecule has 0 aromatic heterocycles. The van der Waals surface area contributed by atoms with Crippen LogP contribution in [0.5, 0.6) is 0 Å². The minimum atomic E-state index is -0.547. The van der Waals surface area contributed by atoms with Gasteiger partial charge in [-0.2, -0.15) is 0 Å². The second kappa shape index (κ2) is 7.18. The number of Topliss-reactive ketones (excluding diaryl/α,β-unsaturated/α-hetero) is 1. The summed E-state index contributed by atoms with van der Waals surface area (Å²) in [5, 5.41) is 0. The Balaban J connectivity index is 2.58. The van der Waals surface area contributed by atoms with E-state index in [1.54, 1.807) is 0 Å². The molecule has 0 heterocycles. The molecule has 3 unspecified atom stereocenters. The van der Waals surface area contributed by atoms with Crippen molar-refractivity contribution in [2.45, 2.75) is 40.0 Å². The summed E-state index contributed by atoms with van der Waals surface area (Å²) in [7, 11) is 3.73. The predicted molar refractivity (Wildman–Crippen MR) is 77.6 cm³/mol. The predicted octanol–water partition coefficient (Wildman–Crippen LogP) is 3.68. The van der Waals surface area contributed by atoms with Gasteiger partial charge in [-0.1, -0.05) is 20.8 Å². The topological polar surface area (TPSA) is 20.3 Å². The standard InChI is InChI=1S/C16H28FNO/c1-11(2)14-7-6-13(10-12(14)3)16(19)15(17)8-9-18(4)5/h8,11-14H,6-7,9-10H2,1-5H3/b15-8-. The normalized spacial score (nSPS) is 29.1. The number of hydrogen-bond acceptors (Lipinski definition) is 2. The molecule has 1 aliphatic rings. The molecule has 2 nitrogen and oxygen atoms in total. The number of ketones is 1. The molecule has 1 saturated carbocycles. The maximum Gasteiger partial charge on any atom is 0.193 e. The number of rotatable bonds is 5. The zero-order valence-corrected chi connectivity index (χ0v) is 12.9. The van der Waals surface area contributed by atoms with E-state index < -0.39 is 5.83 Å². The molecule has 1 fully saturated rings. The Morgan fingerprint density at radius 2 is 2.00 bits per heavy atom. The number of carbonyl (C=O) groups is 1. The van der Waals surface area contributed by atoms with Crippen molar-refractivity contribution in [2.24, 2.45) is 23.7 Å². The van der Waals surface area contributed by atoms with E-state index in [0.29, 0.717) is 24.3 Å². The zero-order valence-electron chi connectivity index (χ0n) is 12.9. The van der Waals surface area contributed by atoms with E-state index in [0.717, 1.165) is 19.3 Å². The number of nitrogens with zero attached hydrogens (tertiary/aromatic N) is 1. The van der Waals surface area contributed by atoms with Gasteiger partial charge in [-0.3, -0.25) is 4.79 Å². The lowest BCUT2D eigenvalue weighted by molar-refractivity contribution is -0.122. The fourth-order valence-corrected chi connectivity index (χ4v) is 3.21. The minimum Gasteiger partial charge on any atom is -0.306 e. The van der Waals surface area contributed by atoms with Crippen LogP contribution >= 0.6 is 0 Å². The number of allylic oxidation sites excluding steroid dienone is 1. The molecular formula is C16H28FNO. The van der Waals surface area contributed by atoms with Gasteiger partial charge in [0.15, 0.2) is 11.6 Å². The van der Waals surface area contributed by atoms with Crippen molar-refractivity contribution in [3.63, 3.8) is 0 Å². The zero-order chi connectivity index (χ0) is 14.6. The molecule has 3 atom stereocenters.